The van der Waals surface area contributed by atoms with Crippen molar-refractivity contribution in [1.29, 1.82) is 0 Å². The number of ether oxygens (including phenoxy) is 1. The van der Waals surface area contributed by atoms with E-state index in [2.05, 4.69) is 29.0 Å². The molecule has 4 nitrogen and oxygen atoms in total. The molecule has 1 aromatic heterocycles. The van der Waals surface area contributed by atoms with Crippen LogP contribution in [0.2, 0.25) is 5.02 Å². The van der Waals surface area contributed by atoms with Crippen LogP contribution in [0.5, 0.6) is 5.75 Å². The van der Waals surface area contributed by atoms with Gasteiger partial charge in [0, 0.05) is 10.3 Å². The minimum absolute atomic E-state index is 0.368. The van der Waals surface area contributed by atoms with Crippen LogP contribution in [0.4, 0.5) is 0 Å². The van der Waals surface area contributed by atoms with Gasteiger partial charge in [0.25, 0.3) is 0 Å². The molecule has 18 heavy (non-hydrogen) atoms. The molecule has 6 heteroatoms. The fourth-order valence-corrected chi connectivity index (χ4v) is 2.10. The summed E-state index contributed by atoms with van der Waals surface area (Å²) in [5, 5.41) is 8.87. The van der Waals surface area contributed by atoms with Gasteiger partial charge in [-0.2, -0.15) is 0 Å². The Morgan fingerprint density at radius 2 is 2.06 bits per heavy atom. The van der Waals surface area contributed by atoms with Crippen molar-refractivity contribution in [3.63, 3.8) is 0 Å². The Balaban J connectivity index is 1.90. The zero-order valence-electron chi connectivity index (χ0n) is 10.2. The quantitative estimate of drug-likeness (QED) is 0.853. The molecule has 96 valence electrons. The Bertz CT molecular complexity index is 498. The molecule has 0 spiro atoms. The maximum absolute atomic E-state index is 5.79. The van der Waals surface area contributed by atoms with Crippen LogP contribution >= 0.6 is 23.4 Å². The summed E-state index contributed by atoms with van der Waals surface area (Å²) in [4.78, 5) is 4.33. The highest BCUT2D eigenvalue weighted by molar-refractivity contribution is 7.99. The highest BCUT2D eigenvalue weighted by atomic mass is 35.5. The molecular formula is C12H14ClN3OS. The van der Waals surface area contributed by atoms with E-state index in [-0.39, 0.29) is 0 Å². The molecule has 2 rings (SSSR count). The smallest absolute Gasteiger partial charge is 0.208 e. The number of H-pyrrole nitrogens is 1. The van der Waals surface area contributed by atoms with Crippen LogP contribution in [-0.4, -0.2) is 20.4 Å². The lowest BCUT2D eigenvalue weighted by molar-refractivity contribution is 0.296. The summed E-state index contributed by atoms with van der Waals surface area (Å²) in [7, 11) is 0. The number of aromatic nitrogens is 3. The second-order valence-electron chi connectivity index (χ2n) is 3.97. The molecular weight excluding hydrogens is 270 g/mol. The second kappa shape index (κ2) is 6.11. The number of aromatic amines is 1. The van der Waals surface area contributed by atoms with Crippen molar-refractivity contribution >= 4 is 23.4 Å². The van der Waals surface area contributed by atoms with Gasteiger partial charge in [-0.3, -0.25) is 5.10 Å². The zero-order valence-corrected chi connectivity index (χ0v) is 11.8. The summed E-state index contributed by atoms with van der Waals surface area (Å²) in [6.45, 7) is 4.57. The highest BCUT2D eigenvalue weighted by Gasteiger charge is 2.06. The summed E-state index contributed by atoms with van der Waals surface area (Å²) in [5.41, 5.74) is 0. The Hall–Kier alpha value is -1.20. The zero-order chi connectivity index (χ0) is 13.0. The number of thioether (sulfide) groups is 1. The van der Waals surface area contributed by atoms with E-state index in [0.717, 1.165) is 10.9 Å². The number of nitrogens with zero attached hydrogens (tertiary/aromatic N) is 2. The van der Waals surface area contributed by atoms with Crippen molar-refractivity contribution in [2.24, 2.45) is 0 Å². The first-order valence-electron chi connectivity index (χ1n) is 5.60. The van der Waals surface area contributed by atoms with E-state index in [4.69, 9.17) is 16.3 Å². The monoisotopic (exact) mass is 283 g/mol. The van der Waals surface area contributed by atoms with Crippen LogP contribution in [-0.2, 0) is 6.61 Å². The topological polar surface area (TPSA) is 50.8 Å². The van der Waals surface area contributed by atoms with Gasteiger partial charge in [-0.1, -0.05) is 37.2 Å². The van der Waals surface area contributed by atoms with Crippen molar-refractivity contribution in [2.45, 2.75) is 30.9 Å². The Morgan fingerprint density at radius 1 is 1.33 bits per heavy atom. The van der Waals surface area contributed by atoms with Crippen LogP contribution in [0.3, 0.4) is 0 Å². The maximum atomic E-state index is 5.79. The molecule has 2 aromatic rings. The molecule has 0 aliphatic rings. The van der Waals surface area contributed by atoms with Crippen molar-refractivity contribution < 1.29 is 4.74 Å². The van der Waals surface area contributed by atoms with Gasteiger partial charge in [0.15, 0.2) is 5.82 Å². The van der Waals surface area contributed by atoms with Crippen LogP contribution < -0.4 is 4.74 Å². The van der Waals surface area contributed by atoms with Gasteiger partial charge in [0.05, 0.1) is 0 Å². The van der Waals surface area contributed by atoms with Gasteiger partial charge in [0.2, 0.25) is 5.16 Å². The summed E-state index contributed by atoms with van der Waals surface area (Å²) in [6, 6.07) is 7.22. The molecule has 0 saturated heterocycles. The third-order valence-corrected chi connectivity index (χ3v) is 3.16. The molecule has 0 aliphatic carbocycles. The summed E-state index contributed by atoms with van der Waals surface area (Å²) < 4.78 is 5.56. The minimum atomic E-state index is 0.368. The minimum Gasteiger partial charge on any atom is -0.486 e. The number of benzene rings is 1. The summed E-state index contributed by atoms with van der Waals surface area (Å²) in [6.07, 6.45) is 0. The number of rotatable bonds is 5. The first-order chi connectivity index (χ1) is 8.63. The maximum Gasteiger partial charge on any atom is 0.208 e. The van der Waals surface area contributed by atoms with Gasteiger partial charge in [-0.05, 0) is 24.3 Å². The number of hydrogen-bond acceptors (Lipinski definition) is 4. The molecule has 0 atom stereocenters. The van der Waals surface area contributed by atoms with Gasteiger partial charge in [-0.15, -0.1) is 5.10 Å². The lowest BCUT2D eigenvalue weighted by atomic mass is 10.3. The predicted molar refractivity (Wildman–Crippen MR) is 73.2 cm³/mol. The second-order valence-corrected chi connectivity index (χ2v) is 5.95. The van der Waals surface area contributed by atoms with Crippen LogP contribution in [0.15, 0.2) is 29.4 Å². The van der Waals surface area contributed by atoms with E-state index in [0.29, 0.717) is 22.7 Å². The summed E-state index contributed by atoms with van der Waals surface area (Å²) in [5.74, 6) is 1.47. The van der Waals surface area contributed by atoms with Crippen molar-refractivity contribution in [3.05, 3.63) is 35.1 Å². The first kappa shape index (κ1) is 13.2. The number of hydrogen-bond donors (Lipinski definition) is 1. The molecule has 0 radical (unpaired) electrons. The Kier molecular flexibility index (Phi) is 4.49. The largest absolute Gasteiger partial charge is 0.486 e. The standard InChI is InChI=1S/C12H14ClN3OS/c1-8(2)18-12-14-11(15-16-12)7-17-10-5-3-9(13)4-6-10/h3-6,8H,7H2,1-2H3,(H,14,15,16). The molecule has 0 fully saturated rings. The van der Waals surface area contributed by atoms with E-state index in [1.54, 1.807) is 23.9 Å². The molecule has 0 saturated carbocycles. The Morgan fingerprint density at radius 3 is 2.72 bits per heavy atom. The fraction of sp³-hybridized carbons (Fsp3) is 0.333. The van der Waals surface area contributed by atoms with E-state index < -0.39 is 0 Å². The first-order valence-corrected chi connectivity index (χ1v) is 6.85. The third kappa shape index (κ3) is 3.92. The third-order valence-electron chi connectivity index (χ3n) is 2.04. The molecule has 1 heterocycles. The lowest BCUT2D eigenvalue weighted by Gasteiger charge is -2.03. The van der Waals surface area contributed by atoms with Gasteiger partial charge in [0.1, 0.15) is 12.4 Å². The molecule has 0 unspecified atom stereocenters. The van der Waals surface area contributed by atoms with Gasteiger partial charge >= 0.3 is 0 Å². The Labute approximate surface area is 115 Å². The molecule has 0 aliphatic heterocycles. The average Bonchev–Trinajstić information content (AvgIpc) is 2.75. The summed E-state index contributed by atoms with van der Waals surface area (Å²) >= 11 is 7.41. The van der Waals surface area contributed by atoms with Crippen LogP contribution in [0.25, 0.3) is 0 Å². The number of halogens is 1. The number of nitrogens with one attached hydrogen (secondary N) is 1. The van der Waals surface area contributed by atoms with Crippen molar-refractivity contribution in [1.82, 2.24) is 15.2 Å². The van der Waals surface area contributed by atoms with Crippen molar-refractivity contribution in [2.75, 3.05) is 0 Å². The van der Waals surface area contributed by atoms with Gasteiger partial charge < -0.3 is 4.74 Å². The van der Waals surface area contributed by atoms with E-state index in [9.17, 15) is 0 Å². The fourth-order valence-electron chi connectivity index (χ4n) is 1.29. The van der Waals surface area contributed by atoms with E-state index >= 15 is 0 Å². The molecule has 0 bridgehead atoms. The normalized spacial score (nSPS) is 10.9. The van der Waals surface area contributed by atoms with Crippen LogP contribution in [0, 0.1) is 0 Å². The predicted octanol–water partition coefficient (Wildman–Crippen LogP) is 3.54. The molecule has 1 N–H and O–H groups in total. The SMILES string of the molecule is CC(C)Sc1n[nH]c(COc2ccc(Cl)cc2)n1. The van der Waals surface area contributed by atoms with E-state index in [1.807, 2.05) is 12.1 Å². The molecule has 0 amide bonds. The van der Waals surface area contributed by atoms with Crippen molar-refractivity contribution in [3.8, 4) is 5.75 Å². The lowest BCUT2D eigenvalue weighted by Crippen LogP contribution is -1.97. The average molecular weight is 284 g/mol. The van der Waals surface area contributed by atoms with Crippen LogP contribution in [0.1, 0.15) is 19.7 Å². The molecule has 1 aromatic carbocycles. The highest BCUT2D eigenvalue weighted by Crippen LogP contribution is 2.19. The van der Waals surface area contributed by atoms with E-state index in [1.165, 1.54) is 0 Å². The van der Waals surface area contributed by atoms with Gasteiger partial charge in [-0.25, -0.2) is 4.98 Å².